The van der Waals surface area contributed by atoms with Crippen LogP contribution in [0.25, 0.3) is 0 Å². The third-order valence-corrected chi connectivity index (χ3v) is 4.05. The molecule has 0 amide bonds. The maximum Gasteiger partial charge on any atom is 0.295 e. The number of para-hydroxylation sites is 1. The van der Waals surface area contributed by atoms with Crippen LogP contribution in [0.5, 0.6) is 0 Å². The number of benzene rings is 3. The highest BCUT2D eigenvalue weighted by Gasteiger charge is 2.45. The van der Waals surface area contributed by atoms with Crippen LogP contribution in [0.1, 0.15) is 11.1 Å². The van der Waals surface area contributed by atoms with E-state index in [1.807, 2.05) is 95.9 Å². The first-order valence-electron chi connectivity index (χ1n) is 7.80. The summed E-state index contributed by atoms with van der Waals surface area (Å²) in [6.45, 7) is 0. The lowest BCUT2D eigenvalue weighted by molar-refractivity contribution is -0.0164. The van der Waals surface area contributed by atoms with Crippen LogP contribution in [-0.4, -0.2) is 5.84 Å². The minimum Gasteiger partial charge on any atom is -0.343 e. The van der Waals surface area contributed by atoms with Crippen LogP contribution in [0, 0.1) is 0 Å². The molecule has 3 aromatic rings. The topological polar surface area (TPSA) is 50.9 Å². The molecule has 4 nitrogen and oxygen atoms in total. The van der Waals surface area contributed by atoms with Gasteiger partial charge in [0.25, 0.3) is 5.85 Å². The lowest BCUT2D eigenvalue weighted by Crippen LogP contribution is -2.53. The Bertz CT molecular complexity index is 850. The second-order valence-corrected chi connectivity index (χ2v) is 5.61. The largest absolute Gasteiger partial charge is 0.343 e. The highest BCUT2D eigenvalue weighted by molar-refractivity contribution is 6.11. The van der Waals surface area contributed by atoms with Crippen LogP contribution in [0.3, 0.4) is 0 Å². The maximum atomic E-state index is 6.67. The van der Waals surface area contributed by atoms with E-state index in [9.17, 15) is 0 Å². The van der Waals surface area contributed by atoms with E-state index in [1.165, 1.54) is 0 Å². The predicted molar refractivity (Wildman–Crippen MR) is 95.3 cm³/mol. The number of rotatable bonds is 3. The molecule has 3 aromatic carbocycles. The molecule has 1 atom stereocenters. The Kier molecular flexibility index (Phi) is 3.52. The van der Waals surface area contributed by atoms with E-state index >= 15 is 0 Å². The van der Waals surface area contributed by atoms with Gasteiger partial charge in [-0.1, -0.05) is 84.0 Å². The maximum absolute atomic E-state index is 6.67. The second-order valence-electron chi connectivity index (χ2n) is 5.61. The van der Waals surface area contributed by atoms with Gasteiger partial charge in [0.1, 0.15) is 0 Å². The molecule has 0 spiro atoms. The second kappa shape index (κ2) is 5.83. The fraction of sp³-hybridized carbons (Fsp3) is 0.0500. The Balaban J connectivity index is 1.86. The van der Waals surface area contributed by atoms with Crippen molar-refractivity contribution in [2.75, 3.05) is 4.90 Å². The number of nitrogens with zero attached hydrogens (tertiary/aromatic N) is 2. The van der Waals surface area contributed by atoms with Gasteiger partial charge in [0, 0.05) is 16.8 Å². The van der Waals surface area contributed by atoms with Crippen LogP contribution in [-0.2, 0) is 10.7 Å². The molecule has 0 aromatic heterocycles. The van der Waals surface area contributed by atoms with Gasteiger partial charge >= 0.3 is 0 Å². The van der Waals surface area contributed by atoms with Crippen molar-refractivity contribution in [2.45, 2.75) is 5.85 Å². The van der Waals surface area contributed by atoms with Crippen molar-refractivity contribution in [3.63, 3.8) is 0 Å². The van der Waals surface area contributed by atoms with E-state index in [4.69, 9.17) is 10.6 Å². The summed E-state index contributed by atoms with van der Waals surface area (Å²) in [5, 5.41) is 4.31. The number of hydrogen-bond donors (Lipinski definition) is 1. The first kappa shape index (κ1) is 14.5. The average Bonchev–Trinajstić information content (AvgIpc) is 3.03. The molecule has 1 aliphatic heterocycles. The summed E-state index contributed by atoms with van der Waals surface area (Å²) in [6.07, 6.45) is 0. The van der Waals surface area contributed by atoms with E-state index in [2.05, 4.69) is 5.16 Å². The first-order chi connectivity index (χ1) is 11.8. The Morgan fingerprint density at radius 1 is 0.750 bits per heavy atom. The minimum atomic E-state index is -1.19. The van der Waals surface area contributed by atoms with Crippen LogP contribution in [0.15, 0.2) is 96.2 Å². The molecule has 1 heterocycles. The molecule has 4 rings (SSSR count). The zero-order chi connectivity index (χ0) is 16.4. The molecule has 0 saturated heterocycles. The summed E-state index contributed by atoms with van der Waals surface area (Å²) < 4.78 is 0. The molecule has 2 N–H and O–H groups in total. The van der Waals surface area contributed by atoms with Crippen molar-refractivity contribution in [3.05, 3.63) is 102 Å². The molecule has 4 heteroatoms. The van der Waals surface area contributed by atoms with Gasteiger partial charge in [0.05, 0.1) is 0 Å². The molecule has 0 radical (unpaired) electrons. The quantitative estimate of drug-likeness (QED) is 0.802. The Morgan fingerprint density at radius 2 is 1.29 bits per heavy atom. The van der Waals surface area contributed by atoms with Crippen molar-refractivity contribution in [1.82, 2.24) is 0 Å². The van der Waals surface area contributed by atoms with Crippen molar-refractivity contribution in [3.8, 4) is 0 Å². The van der Waals surface area contributed by atoms with Crippen LogP contribution in [0.2, 0.25) is 0 Å². The summed E-state index contributed by atoms with van der Waals surface area (Å²) in [6, 6.07) is 29.5. The molecule has 1 unspecified atom stereocenters. The number of nitrogens with two attached hydrogens (primary N) is 1. The van der Waals surface area contributed by atoms with Gasteiger partial charge in [-0.3, -0.25) is 10.6 Å². The van der Waals surface area contributed by atoms with E-state index in [0.717, 1.165) is 16.8 Å². The highest BCUT2D eigenvalue weighted by Crippen LogP contribution is 2.36. The standard InChI is InChI=1S/C20H17N3O/c21-20(17-12-6-2-7-13-17)23(18-14-8-3-9-15-18)19(22-24-20)16-10-4-1-5-11-16/h1-15H,21H2. The van der Waals surface area contributed by atoms with Crippen LogP contribution in [0.4, 0.5) is 5.69 Å². The number of amidine groups is 1. The van der Waals surface area contributed by atoms with Crippen molar-refractivity contribution in [1.29, 1.82) is 0 Å². The molecule has 1 aliphatic rings. The summed E-state index contributed by atoms with van der Waals surface area (Å²) >= 11 is 0. The Hall–Kier alpha value is -3.11. The average molecular weight is 315 g/mol. The zero-order valence-corrected chi connectivity index (χ0v) is 13.0. The van der Waals surface area contributed by atoms with Crippen LogP contribution < -0.4 is 10.6 Å². The summed E-state index contributed by atoms with van der Waals surface area (Å²) in [5.41, 5.74) is 9.38. The van der Waals surface area contributed by atoms with Gasteiger partial charge in [-0.05, 0) is 12.1 Å². The molecule has 24 heavy (non-hydrogen) atoms. The Labute approximate surface area is 140 Å². The van der Waals surface area contributed by atoms with Gasteiger partial charge in [-0.2, -0.15) is 0 Å². The minimum absolute atomic E-state index is 0.688. The fourth-order valence-corrected chi connectivity index (χ4v) is 2.87. The highest BCUT2D eigenvalue weighted by atomic mass is 16.7. The number of oxime groups is 1. The monoisotopic (exact) mass is 315 g/mol. The molecule has 118 valence electrons. The molecule has 0 bridgehead atoms. The van der Waals surface area contributed by atoms with Crippen molar-refractivity contribution in [2.24, 2.45) is 10.9 Å². The number of anilines is 1. The smallest absolute Gasteiger partial charge is 0.295 e. The molecular weight excluding hydrogens is 298 g/mol. The molecule has 0 saturated carbocycles. The lowest BCUT2D eigenvalue weighted by atomic mass is 10.1. The van der Waals surface area contributed by atoms with Gasteiger partial charge in [-0.25, -0.2) is 0 Å². The van der Waals surface area contributed by atoms with Gasteiger partial charge in [0.15, 0.2) is 5.84 Å². The molecule has 0 aliphatic carbocycles. The van der Waals surface area contributed by atoms with Gasteiger partial charge < -0.3 is 4.84 Å². The van der Waals surface area contributed by atoms with Gasteiger partial charge in [-0.15, -0.1) is 0 Å². The first-order valence-corrected chi connectivity index (χ1v) is 7.80. The summed E-state index contributed by atoms with van der Waals surface area (Å²) in [4.78, 5) is 7.68. The third-order valence-electron chi connectivity index (χ3n) is 4.05. The fourth-order valence-electron chi connectivity index (χ4n) is 2.87. The van der Waals surface area contributed by atoms with E-state index in [-0.39, 0.29) is 0 Å². The number of hydrogen-bond acceptors (Lipinski definition) is 4. The zero-order valence-electron chi connectivity index (χ0n) is 13.0. The molecular formula is C20H17N3O. The summed E-state index contributed by atoms with van der Waals surface area (Å²) in [7, 11) is 0. The molecule has 0 fully saturated rings. The van der Waals surface area contributed by atoms with Crippen LogP contribution >= 0.6 is 0 Å². The predicted octanol–water partition coefficient (Wildman–Crippen LogP) is 3.65. The summed E-state index contributed by atoms with van der Waals surface area (Å²) in [5.74, 6) is -0.499. The van der Waals surface area contributed by atoms with Crippen molar-refractivity contribution < 1.29 is 4.84 Å². The lowest BCUT2D eigenvalue weighted by Gasteiger charge is -2.34. The normalized spacial score (nSPS) is 19.7. The van der Waals surface area contributed by atoms with Gasteiger partial charge in [0.2, 0.25) is 0 Å². The van der Waals surface area contributed by atoms with E-state index < -0.39 is 5.85 Å². The van der Waals surface area contributed by atoms with E-state index in [0.29, 0.717) is 5.84 Å². The third kappa shape index (κ3) is 2.33. The Morgan fingerprint density at radius 3 is 1.92 bits per heavy atom. The van der Waals surface area contributed by atoms with E-state index in [1.54, 1.807) is 0 Å². The van der Waals surface area contributed by atoms with Crippen molar-refractivity contribution >= 4 is 11.5 Å². The SMILES string of the molecule is NC1(c2ccccc2)ON=C(c2ccccc2)N1c1ccccc1.